The molecular weight excluding hydrogens is 248 g/mol. The summed E-state index contributed by atoms with van der Waals surface area (Å²) in [6.07, 6.45) is 4.49. The summed E-state index contributed by atoms with van der Waals surface area (Å²) in [5, 5.41) is 8.94. The van der Waals surface area contributed by atoms with Crippen molar-refractivity contribution in [2.24, 2.45) is 0 Å². The molecule has 1 aliphatic rings. The SMILES string of the molecule is O=C(O)c1nc(Br)[nH]c1C1CCCC1. The van der Waals surface area contributed by atoms with Gasteiger partial charge in [-0.05, 0) is 28.8 Å². The Hall–Kier alpha value is -0.840. The third kappa shape index (κ3) is 1.68. The van der Waals surface area contributed by atoms with Crippen molar-refractivity contribution in [1.82, 2.24) is 9.97 Å². The molecule has 0 spiro atoms. The van der Waals surface area contributed by atoms with Crippen LogP contribution in [0.3, 0.4) is 0 Å². The number of nitrogens with one attached hydrogen (secondary N) is 1. The van der Waals surface area contributed by atoms with Crippen molar-refractivity contribution < 1.29 is 9.90 Å². The lowest BCUT2D eigenvalue weighted by Gasteiger charge is -2.06. The van der Waals surface area contributed by atoms with E-state index in [-0.39, 0.29) is 5.69 Å². The van der Waals surface area contributed by atoms with Crippen LogP contribution in [0.15, 0.2) is 4.73 Å². The number of nitrogens with zero attached hydrogens (tertiary/aromatic N) is 1. The first-order valence-electron chi connectivity index (χ1n) is 4.67. The monoisotopic (exact) mass is 258 g/mol. The molecule has 0 unspecified atom stereocenters. The Morgan fingerprint density at radius 3 is 2.71 bits per heavy atom. The number of H-pyrrole nitrogens is 1. The van der Waals surface area contributed by atoms with E-state index < -0.39 is 5.97 Å². The van der Waals surface area contributed by atoms with Crippen LogP contribution in [0.5, 0.6) is 0 Å². The van der Waals surface area contributed by atoms with Gasteiger partial charge >= 0.3 is 5.97 Å². The zero-order chi connectivity index (χ0) is 10.1. The molecule has 1 aliphatic carbocycles. The molecule has 1 heterocycles. The summed E-state index contributed by atoms with van der Waals surface area (Å²) in [7, 11) is 0. The second kappa shape index (κ2) is 3.73. The third-order valence-corrected chi connectivity index (χ3v) is 3.04. The second-order valence-corrected chi connectivity index (χ2v) is 4.33. The number of aromatic amines is 1. The summed E-state index contributed by atoms with van der Waals surface area (Å²) >= 11 is 3.17. The summed E-state index contributed by atoms with van der Waals surface area (Å²) < 4.78 is 0.511. The lowest BCUT2D eigenvalue weighted by molar-refractivity contribution is 0.0689. The summed E-state index contributed by atoms with van der Waals surface area (Å²) in [5.41, 5.74) is 0.950. The van der Waals surface area contributed by atoms with Crippen LogP contribution in [0.25, 0.3) is 0 Å². The maximum atomic E-state index is 10.9. The highest BCUT2D eigenvalue weighted by Gasteiger charge is 2.25. The second-order valence-electron chi connectivity index (χ2n) is 3.58. The smallest absolute Gasteiger partial charge is 0.356 e. The van der Waals surface area contributed by atoms with E-state index in [4.69, 9.17) is 5.11 Å². The molecule has 2 N–H and O–H groups in total. The topological polar surface area (TPSA) is 66.0 Å². The zero-order valence-corrected chi connectivity index (χ0v) is 9.17. The van der Waals surface area contributed by atoms with Gasteiger partial charge in [-0.2, -0.15) is 0 Å². The van der Waals surface area contributed by atoms with Gasteiger partial charge in [0, 0.05) is 5.92 Å². The molecule has 2 rings (SSSR count). The Kier molecular flexibility index (Phi) is 2.58. The molecular formula is C9H11BrN2O2. The Balaban J connectivity index is 2.35. The Bertz CT molecular complexity index is 356. The fourth-order valence-electron chi connectivity index (χ4n) is 2.03. The van der Waals surface area contributed by atoms with E-state index in [9.17, 15) is 4.79 Å². The van der Waals surface area contributed by atoms with Gasteiger partial charge in [-0.1, -0.05) is 12.8 Å². The maximum absolute atomic E-state index is 10.9. The van der Waals surface area contributed by atoms with Crippen LogP contribution in [-0.2, 0) is 0 Å². The van der Waals surface area contributed by atoms with Crippen molar-refractivity contribution in [3.63, 3.8) is 0 Å². The number of aromatic carboxylic acids is 1. The highest BCUT2D eigenvalue weighted by molar-refractivity contribution is 9.10. The van der Waals surface area contributed by atoms with Gasteiger partial charge in [0.05, 0.1) is 5.69 Å². The van der Waals surface area contributed by atoms with E-state index in [0.29, 0.717) is 10.7 Å². The molecule has 1 saturated carbocycles. The molecule has 0 saturated heterocycles. The van der Waals surface area contributed by atoms with Gasteiger partial charge in [0.2, 0.25) is 0 Å². The summed E-state index contributed by atoms with van der Waals surface area (Å²) in [6, 6.07) is 0. The minimum Gasteiger partial charge on any atom is -0.476 e. The number of hydrogen-bond acceptors (Lipinski definition) is 2. The minimum absolute atomic E-state index is 0.170. The Labute approximate surface area is 89.9 Å². The molecule has 14 heavy (non-hydrogen) atoms. The first-order valence-corrected chi connectivity index (χ1v) is 5.46. The van der Waals surface area contributed by atoms with Crippen LogP contribution < -0.4 is 0 Å². The molecule has 0 aliphatic heterocycles. The molecule has 1 aromatic heterocycles. The third-order valence-electron chi connectivity index (χ3n) is 2.67. The lowest BCUT2D eigenvalue weighted by atomic mass is 10.0. The van der Waals surface area contributed by atoms with Gasteiger partial charge in [0.1, 0.15) is 0 Å². The van der Waals surface area contributed by atoms with Gasteiger partial charge in [-0.25, -0.2) is 9.78 Å². The number of halogens is 1. The van der Waals surface area contributed by atoms with Crippen molar-refractivity contribution in [1.29, 1.82) is 0 Å². The van der Waals surface area contributed by atoms with Crippen molar-refractivity contribution >= 4 is 21.9 Å². The van der Waals surface area contributed by atoms with Crippen LogP contribution in [0.2, 0.25) is 0 Å². The highest BCUT2D eigenvalue weighted by Crippen LogP contribution is 2.35. The largest absolute Gasteiger partial charge is 0.476 e. The van der Waals surface area contributed by atoms with E-state index in [0.717, 1.165) is 18.5 Å². The minimum atomic E-state index is -0.950. The van der Waals surface area contributed by atoms with Gasteiger partial charge in [-0.15, -0.1) is 0 Å². The summed E-state index contributed by atoms with van der Waals surface area (Å²) in [4.78, 5) is 17.8. The number of carboxylic acid groups (broad SMARTS) is 1. The first-order chi connectivity index (χ1) is 6.68. The summed E-state index contributed by atoms with van der Waals surface area (Å²) in [5.74, 6) is -0.603. The predicted molar refractivity (Wildman–Crippen MR) is 54.5 cm³/mol. The number of hydrogen-bond donors (Lipinski definition) is 2. The van der Waals surface area contributed by atoms with Gasteiger partial charge < -0.3 is 10.1 Å². The van der Waals surface area contributed by atoms with E-state index in [1.807, 2.05) is 0 Å². The maximum Gasteiger partial charge on any atom is 0.356 e. The van der Waals surface area contributed by atoms with Gasteiger partial charge in [-0.3, -0.25) is 0 Å². The summed E-state index contributed by atoms with van der Waals surface area (Å²) in [6.45, 7) is 0. The lowest BCUT2D eigenvalue weighted by Crippen LogP contribution is -2.04. The molecule has 0 radical (unpaired) electrons. The molecule has 76 valence electrons. The molecule has 1 fully saturated rings. The number of aromatic nitrogens is 2. The molecule has 0 bridgehead atoms. The van der Waals surface area contributed by atoms with E-state index >= 15 is 0 Å². The van der Waals surface area contributed by atoms with Crippen molar-refractivity contribution in [3.8, 4) is 0 Å². The molecule has 4 nitrogen and oxygen atoms in total. The van der Waals surface area contributed by atoms with Crippen molar-refractivity contribution in [2.45, 2.75) is 31.6 Å². The van der Waals surface area contributed by atoms with E-state index in [1.54, 1.807) is 0 Å². The fraction of sp³-hybridized carbons (Fsp3) is 0.556. The van der Waals surface area contributed by atoms with E-state index in [2.05, 4.69) is 25.9 Å². The highest BCUT2D eigenvalue weighted by atomic mass is 79.9. The van der Waals surface area contributed by atoms with Crippen LogP contribution in [0.4, 0.5) is 0 Å². The van der Waals surface area contributed by atoms with Gasteiger partial charge in [0.15, 0.2) is 10.4 Å². The predicted octanol–water partition coefficient (Wildman–Crippen LogP) is 2.53. The zero-order valence-electron chi connectivity index (χ0n) is 7.59. The average molecular weight is 259 g/mol. The number of carbonyl (C=O) groups is 1. The van der Waals surface area contributed by atoms with Gasteiger partial charge in [0.25, 0.3) is 0 Å². The molecule has 0 amide bonds. The molecule has 1 aromatic rings. The van der Waals surface area contributed by atoms with Crippen molar-refractivity contribution in [2.75, 3.05) is 0 Å². The standard InChI is InChI=1S/C9H11BrN2O2/c10-9-11-6(5-3-1-2-4-5)7(12-9)8(13)14/h5H,1-4H2,(H,11,12)(H,13,14). The number of imidazole rings is 1. The van der Waals surface area contributed by atoms with Crippen LogP contribution in [-0.4, -0.2) is 21.0 Å². The normalized spacial score (nSPS) is 17.5. The van der Waals surface area contributed by atoms with Crippen LogP contribution in [0.1, 0.15) is 47.8 Å². The first kappa shape index (κ1) is 9.71. The molecule has 5 heteroatoms. The Morgan fingerprint density at radius 1 is 1.50 bits per heavy atom. The average Bonchev–Trinajstić information content (AvgIpc) is 2.70. The fourth-order valence-corrected chi connectivity index (χ4v) is 2.42. The number of carboxylic acids is 1. The quantitative estimate of drug-likeness (QED) is 0.857. The molecule has 0 aromatic carbocycles. The van der Waals surface area contributed by atoms with Crippen LogP contribution in [0, 0.1) is 0 Å². The van der Waals surface area contributed by atoms with E-state index in [1.165, 1.54) is 12.8 Å². The van der Waals surface area contributed by atoms with Crippen molar-refractivity contribution in [3.05, 3.63) is 16.1 Å². The van der Waals surface area contributed by atoms with Crippen LogP contribution >= 0.6 is 15.9 Å². The number of rotatable bonds is 2. The molecule has 0 atom stereocenters. The Morgan fingerprint density at radius 2 is 2.14 bits per heavy atom.